The van der Waals surface area contributed by atoms with Crippen LogP contribution in [0, 0.1) is 11.8 Å². The lowest BCUT2D eigenvalue weighted by Crippen LogP contribution is -2.63. The Kier molecular flexibility index (Phi) is 13.9. The van der Waals surface area contributed by atoms with E-state index in [4.69, 9.17) is 26.7 Å². The van der Waals surface area contributed by atoms with Gasteiger partial charge in [0, 0.05) is 6.92 Å². The Morgan fingerprint density at radius 1 is 1.14 bits per heavy atom. The Labute approximate surface area is 218 Å². The monoisotopic (exact) mass is 534 g/mol. The third-order valence-corrected chi connectivity index (χ3v) is 7.07. The summed E-state index contributed by atoms with van der Waals surface area (Å²) in [5.41, 5.74) is 17.8. The molecule has 216 valence electrons. The van der Waals surface area contributed by atoms with Gasteiger partial charge in [0.1, 0.15) is 24.4 Å². The Morgan fingerprint density at radius 2 is 1.76 bits per heavy atom. The lowest BCUT2D eigenvalue weighted by molar-refractivity contribution is -0.266. The van der Waals surface area contributed by atoms with Crippen molar-refractivity contribution in [3.63, 3.8) is 0 Å². The van der Waals surface area contributed by atoms with E-state index >= 15 is 0 Å². The number of amides is 2. The molecule has 1 heterocycles. The summed E-state index contributed by atoms with van der Waals surface area (Å²) in [4.78, 5) is 38.5. The molecule has 13 heteroatoms. The van der Waals surface area contributed by atoms with Crippen molar-refractivity contribution < 1.29 is 44.3 Å². The molecule has 0 spiro atoms. The molecule has 0 radical (unpaired) electrons. The second-order valence-electron chi connectivity index (χ2n) is 9.81. The van der Waals surface area contributed by atoms with Gasteiger partial charge in [-0.25, -0.2) is 0 Å². The average molecular weight is 535 g/mol. The Bertz CT molecular complexity index is 743. The van der Waals surface area contributed by atoms with Gasteiger partial charge in [-0.3, -0.25) is 14.4 Å². The Morgan fingerprint density at radius 3 is 2.22 bits per heavy atom. The van der Waals surface area contributed by atoms with Crippen LogP contribution in [0.2, 0.25) is 0 Å². The third kappa shape index (κ3) is 8.84. The van der Waals surface area contributed by atoms with E-state index in [1.807, 2.05) is 13.8 Å². The van der Waals surface area contributed by atoms with Gasteiger partial charge in [-0.05, 0) is 32.1 Å². The highest BCUT2D eigenvalue weighted by Gasteiger charge is 2.46. The highest BCUT2D eigenvalue weighted by molar-refractivity contribution is 5.86. The number of aliphatic hydroxyl groups excluding tert-OH is 3. The van der Waals surface area contributed by atoms with Gasteiger partial charge in [-0.1, -0.05) is 33.1 Å². The van der Waals surface area contributed by atoms with E-state index < -0.39 is 85.2 Å². The van der Waals surface area contributed by atoms with Gasteiger partial charge >= 0.3 is 5.97 Å². The number of carboxylic acids is 1. The van der Waals surface area contributed by atoms with Crippen LogP contribution in [0.5, 0.6) is 0 Å². The van der Waals surface area contributed by atoms with Crippen LogP contribution >= 0.6 is 0 Å². The summed E-state index contributed by atoms with van der Waals surface area (Å²) in [7, 11) is 0. The predicted molar refractivity (Wildman–Crippen MR) is 133 cm³/mol. The summed E-state index contributed by atoms with van der Waals surface area (Å²) in [5.74, 6) is -4.42. The first-order valence-electron chi connectivity index (χ1n) is 12.9. The fraction of sp³-hybridized carbons (Fsp3) is 0.875. The zero-order chi connectivity index (χ0) is 28.4. The number of hydrogen-bond donors (Lipinski definition) is 7. The number of rotatable bonds is 16. The number of ether oxygens (including phenoxy) is 2. The fourth-order valence-electron chi connectivity index (χ4n) is 5.01. The number of unbranched alkanes of at least 4 members (excludes halogenated alkanes) is 1. The van der Waals surface area contributed by atoms with Gasteiger partial charge < -0.3 is 52.0 Å². The summed E-state index contributed by atoms with van der Waals surface area (Å²) in [5, 5.41) is 40.4. The van der Waals surface area contributed by atoms with Crippen LogP contribution in [0.15, 0.2) is 0 Å². The first-order chi connectivity index (χ1) is 17.3. The van der Waals surface area contributed by atoms with Crippen LogP contribution in [0.1, 0.15) is 66.2 Å². The minimum absolute atomic E-state index is 0.284. The van der Waals surface area contributed by atoms with E-state index in [1.165, 1.54) is 6.92 Å². The summed E-state index contributed by atoms with van der Waals surface area (Å²) >= 11 is 0. The van der Waals surface area contributed by atoms with Gasteiger partial charge in [0.2, 0.25) is 11.8 Å². The van der Waals surface area contributed by atoms with Crippen molar-refractivity contribution in [2.24, 2.45) is 29.0 Å². The second kappa shape index (κ2) is 15.5. The second-order valence-corrected chi connectivity index (χ2v) is 9.81. The number of nitrogens with zero attached hydrogens (tertiary/aromatic N) is 1. The SMILES string of the molecule is CCCCC(C(C)O[C@@H]1[C@@H](N)[C@@H](O)O[C@H](CO)[C@H]1O)C(C[C@H](C(N)=O)N(C(C)=O)C(N)CCC)C(=O)O. The van der Waals surface area contributed by atoms with Gasteiger partial charge in [-0.15, -0.1) is 0 Å². The van der Waals surface area contributed by atoms with Gasteiger partial charge in [0.05, 0.1) is 30.8 Å². The molecule has 2 amide bonds. The number of carboxylic acid groups (broad SMARTS) is 1. The number of carbonyl (C=O) groups excluding carboxylic acids is 2. The summed E-state index contributed by atoms with van der Waals surface area (Å²) < 4.78 is 11.1. The van der Waals surface area contributed by atoms with E-state index in [2.05, 4.69) is 0 Å². The summed E-state index contributed by atoms with van der Waals surface area (Å²) in [6, 6.07) is -2.41. The standard InChI is InChI=1S/C24H46N4O9/c1-5-7-9-14(12(3)36-21-19(26)24(35)37-17(11-29)20(21)31)15(23(33)34)10-16(22(27)32)28(13(4)30)18(25)8-6-2/h12,14-21,24,29,31,35H,5-11,25-26H2,1-4H3,(H2,27,32)(H,33,34)/t12?,14?,15?,16-,17-,18?,19-,20-,21-,24+/m1/s1. The smallest absolute Gasteiger partial charge is 0.306 e. The number of primary amides is 1. The van der Waals surface area contributed by atoms with E-state index in [0.29, 0.717) is 25.7 Å². The van der Waals surface area contributed by atoms with Crippen molar-refractivity contribution in [2.45, 2.75) is 115 Å². The predicted octanol–water partition coefficient (Wildman–Crippen LogP) is -1.16. The largest absolute Gasteiger partial charge is 0.481 e. The Hall–Kier alpha value is -1.87. The number of carbonyl (C=O) groups is 3. The average Bonchev–Trinajstić information content (AvgIpc) is 2.82. The molecular weight excluding hydrogens is 488 g/mol. The molecule has 0 aliphatic carbocycles. The minimum Gasteiger partial charge on any atom is -0.481 e. The Balaban J connectivity index is 3.32. The van der Waals surface area contributed by atoms with Crippen LogP contribution < -0.4 is 17.2 Å². The van der Waals surface area contributed by atoms with E-state index in [1.54, 1.807) is 6.92 Å². The number of aliphatic carboxylic acids is 1. The molecule has 1 saturated heterocycles. The maximum absolute atomic E-state index is 12.5. The van der Waals surface area contributed by atoms with Crippen molar-refractivity contribution in [3.8, 4) is 0 Å². The molecule has 37 heavy (non-hydrogen) atoms. The summed E-state index contributed by atoms with van der Waals surface area (Å²) in [6.07, 6.45) is -4.28. The number of nitrogens with two attached hydrogens (primary N) is 3. The molecule has 13 nitrogen and oxygen atoms in total. The molecule has 1 aliphatic heterocycles. The first kappa shape index (κ1) is 33.2. The zero-order valence-corrected chi connectivity index (χ0v) is 22.2. The molecule has 0 aromatic rings. The van der Waals surface area contributed by atoms with Crippen LogP contribution in [0.4, 0.5) is 0 Å². The van der Waals surface area contributed by atoms with Crippen LogP contribution in [0.25, 0.3) is 0 Å². The van der Waals surface area contributed by atoms with E-state index in [9.17, 15) is 34.8 Å². The van der Waals surface area contributed by atoms with E-state index in [0.717, 1.165) is 11.3 Å². The molecule has 1 aliphatic rings. The highest BCUT2D eigenvalue weighted by atomic mass is 16.6. The zero-order valence-electron chi connectivity index (χ0n) is 22.2. The maximum atomic E-state index is 12.5. The van der Waals surface area contributed by atoms with E-state index in [-0.39, 0.29) is 6.42 Å². The normalized spacial score (nSPS) is 28.1. The van der Waals surface area contributed by atoms with Crippen molar-refractivity contribution in [2.75, 3.05) is 6.61 Å². The van der Waals surface area contributed by atoms with Gasteiger partial charge in [0.15, 0.2) is 6.29 Å². The lowest BCUT2D eigenvalue weighted by Gasteiger charge is -2.43. The number of hydrogen-bond acceptors (Lipinski definition) is 10. The quantitative estimate of drug-likeness (QED) is 0.117. The molecule has 4 unspecified atom stereocenters. The van der Waals surface area contributed by atoms with Crippen molar-refractivity contribution in [1.82, 2.24) is 4.90 Å². The molecule has 10 atom stereocenters. The molecule has 1 rings (SSSR count). The maximum Gasteiger partial charge on any atom is 0.306 e. The lowest BCUT2D eigenvalue weighted by atomic mass is 9.79. The highest BCUT2D eigenvalue weighted by Crippen LogP contribution is 2.33. The summed E-state index contributed by atoms with van der Waals surface area (Å²) in [6.45, 7) is 6.08. The third-order valence-electron chi connectivity index (χ3n) is 7.07. The van der Waals surface area contributed by atoms with Crippen molar-refractivity contribution in [1.29, 1.82) is 0 Å². The topological polar surface area (TPSA) is 232 Å². The molecule has 1 fully saturated rings. The van der Waals surface area contributed by atoms with Crippen LogP contribution in [0.3, 0.4) is 0 Å². The molecule has 10 N–H and O–H groups in total. The van der Waals surface area contributed by atoms with Crippen LogP contribution in [-0.2, 0) is 23.9 Å². The van der Waals surface area contributed by atoms with Gasteiger partial charge in [0.25, 0.3) is 0 Å². The molecule has 0 bridgehead atoms. The first-order valence-corrected chi connectivity index (χ1v) is 12.9. The molecule has 0 aromatic carbocycles. The van der Waals surface area contributed by atoms with Crippen LogP contribution in [-0.4, -0.2) is 98.7 Å². The molecular formula is C24H46N4O9. The minimum atomic E-state index is -1.51. The molecule has 0 saturated carbocycles. The van der Waals surface area contributed by atoms with Crippen molar-refractivity contribution >= 4 is 17.8 Å². The van der Waals surface area contributed by atoms with Crippen molar-refractivity contribution in [3.05, 3.63) is 0 Å². The fourth-order valence-corrected chi connectivity index (χ4v) is 5.01. The van der Waals surface area contributed by atoms with Gasteiger partial charge in [-0.2, -0.15) is 0 Å². The molecule has 0 aromatic heterocycles. The number of aliphatic hydroxyl groups is 3.